The van der Waals surface area contributed by atoms with Crippen LogP contribution in [0.3, 0.4) is 0 Å². The summed E-state index contributed by atoms with van der Waals surface area (Å²) in [7, 11) is 0. The third-order valence-electron chi connectivity index (χ3n) is 7.19. The predicted octanol–water partition coefficient (Wildman–Crippen LogP) is 6.77. The second-order valence-electron chi connectivity index (χ2n) is 10.9. The van der Waals surface area contributed by atoms with Gasteiger partial charge in [-0.1, -0.05) is 55.8 Å². The van der Waals surface area contributed by atoms with Crippen LogP contribution in [-0.2, 0) is 16.1 Å². The van der Waals surface area contributed by atoms with Crippen molar-refractivity contribution in [2.75, 3.05) is 26.4 Å². The van der Waals surface area contributed by atoms with E-state index in [1.54, 1.807) is 18.3 Å². The quantitative estimate of drug-likeness (QED) is 0.0767. The van der Waals surface area contributed by atoms with E-state index in [4.69, 9.17) is 9.47 Å². The lowest BCUT2D eigenvalue weighted by Gasteiger charge is -2.21. The van der Waals surface area contributed by atoms with E-state index in [-0.39, 0.29) is 13.3 Å². The molecular weight excluding hydrogens is 540 g/mol. The largest absolute Gasteiger partial charge is 0.483 e. The van der Waals surface area contributed by atoms with E-state index in [0.29, 0.717) is 11.3 Å². The number of rotatable bonds is 14. The maximum Gasteiger partial charge on any atom is 0.339 e. The van der Waals surface area contributed by atoms with Crippen molar-refractivity contribution < 1.29 is 19.1 Å². The lowest BCUT2D eigenvalue weighted by molar-refractivity contribution is -0.137. The van der Waals surface area contributed by atoms with Gasteiger partial charge in [-0.2, -0.15) is 10.1 Å². The molecule has 8 nitrogen and oxygen atoms in total. The first-order valence-corrected chi connectivity index (χ1v) is 14.9. The van der Waals surface area contributed by atoms with Gasteiger partial charge in [0, 0.05) is 29.2 Å². The van der Waals surface area contributed by atoms with Crippen LogP contribution >= 0.6 is 0 Å². The summed E-state index contributed by atoms with van der Waals surface area (Å²) < 4.78 is 11.5. The van der Waals surface area contributed by atoms with E-state index in [9.17, 15) is 9.59 Å². The van der Waals surface area contributed by atoms with Crippen LogP contribution in [0.15, 0.2) is 72.0 Å². The number of aromatic nitrogens is 1. The third kappa shape index (κ3) is 8.55. The molecule has 0 spiro atoms. The molecule has 1 N–H and O–H groups in total. The van der Waals surface area contributed by atoms with E-state index in [0.717, 1.165) is 76.2 Å². The van der Waals surface area contributed by atoms with Crippen LogP contribution in [0.1, 0.15) is 64.9 Å². The zero-order chi connectivity index (χ0) is 30.8. The fourth-order valence-electron chi connectivity index (χ4n) is 5.24. The number of aryl methyl sites for hydroxylation is 3. The van der Waals surface area contributed by atoms with Gasteiger partial charge in [-0.15, -0.1) is 0 Å². The lowest BCUT2D eigenvalue weighted by atomic mass is 10.1. The zero-order valence-electron chi connectivity index (χ0n) is 25.9. The average Bonchev–Trinajstić information content (AvgIpc) is 3.47. The maximum absolute atomic E-state index is 13.3. The number of hydrazone groups is 1. The van der Waals surface area contributed by atoms with Crippen molar-refractivity contribution in [3.63, 3.8) is 0 Å². The first-order valence-electron chi connectivity index (χ1n) is 14.9. The number of H-pyrrole nitrogens is 1. The molecule has 0 aliphatic carbocycles. The van der Waals surface area contributed by atoms with Gasteiger partial charge >= 0.3 is 5.97 Å². The Kier molecular flexibility index (Phi) is 11.1. The Morgan fingerprint density at radius 2 is 1.63 bits per heavy atom. The summed E-state index contributed by atoms with van der Waals surface area (Å²) in [6, 6.07) is 19.2. The summed E-state index contributed by atoms with van der Waals surface area (Å²) in [5, 5.41) is 6.52. The Hall–Kier alpha value is -4.43. The topological polar surface area (TPSA) is 87.2 Å². The first-order chi connectivity index (χ1) is 20.8. The molecule has 226 valence electrons. The van der Waals surface area contributed by atoms with Crippen LogP contribution in [0.5, 0.6) is 5.75 Å². The van der Waals surface area contributed by atoms with Gasteiger partial charge in [0.25, 0.3) is 5.91 Å². The number of hydrogen-bond acceptors (Lipinski definition) is 6. The van der Waals surface area contributed by atoms with Crippen LogP contribution in [0, 0.1) is 20.8 Å². The van der Waals surface area contributed by atoms with Crippen LogP contribution in [0.2, 0.25) is 0 Å². The van der Waals surface area contributed by atoms with E-state index < -0.39 is 11.9 Å². The standard InChI is InChI=1S/C35H42N4O4/c1-6-17-38(18-7-2)22-28-11-13-29(14-12-28)35(41)43-24-39(37-21-30-9-8-10-32-31(30)15-16-36-32)33(40)23-42-34-26(4)19-25(3)20-27(34)5/h8-16,19-21,36H,6-7,17-18,22-24H2,1-5H3/b37-21+. The number of carbonyl (C=O) groups is 2. The SMILES string of the molecule is CCCN(CCC)Cc1ccc(C(=O)OCN(/N=C/c2cccc3[nH]ccc23)C(=O)COc2c(C)cc(C)cc2C)cc1. The molecule has 3 aromatic carbocycles. The molecule has 0 aliphatic heterocycles. The second kappa shape index (κ2) is 15.2. The van der Waals surface area contributed by atoms with Crippen molar-refractivity contribution in [2.24, 2.45) is 5.10 Å². The van der Waals surface area contributed by atoms with Crippen LogP contribution in [0.25, 0.3) is 10.9 Å². The summed E-state index contributed by atoms with van der Waals surface area (Å²) in [5.41, 5.74) is 6.35. The molecule has 0 atom stereocenters. The van der Waals surface area contributed by atoms with Crippen molar-refractivity contribution in [1.82, 2.24) is 14.9 Å². The van der Waals surface area contributed by atoms with Crippen molar-refractivity contribution in [2.45, 2.75) is 54.0 Å². The molecule has 4 rings (SSSR count). The van der Waals surface area contributed by atoms with E-state index in [2.05, 4.69) is 28.8 Å². The predicted molar refractivity (Wildman–Crippen MR) is 171 cm³/mol. The van der Waals surface area contributed by atoms with Crippen LogP contribution in [0.4, 0.5) is 0 Å². The Morgan fingerprint density at radius 3 is 2.30 bits per heavy atom. The highest BCUT2D eigenvalue weighted by atomic mass is 16.5. The smallest absolute Gasteiger partial charge is 0.339 e. The number of nitrogens with one attached hydrogen (secondary N) is 1. The zero-order valence-corrected chi connectivity index (χ0v) is 25.9. The fraction of sp³-hybridized carbons (Fsp3) is 0.343. The number of nitrogens with zero attached hydrogens (tertiary/aromatic N) is 3. The molecule has 1 heterocycles. The molecule has 8 heteroatoms. The van der Waals surface area contributed by atoms with Gasteiger partial charge in [-0.05, 0) is 87.7 Å². The molecule has 0 saturated carbocycles. The van der Waals surface area contributed by atoms with Gasteiger partial charge in [-0.3, -0.25) is 9.69 Å². The number of aromatic amines is 1. The summed E-state index contributed by atoms with van der Waals surface area (Å²) in [4.78, 5) is 31.9. The maximum atomic E-state index is 13.3. The molecular formula is C35H42N4O4. The van der Waals surface area contributed by atoms with Crippen molar-refractivity contribution >= 4 is 29.0 Å². The minimum absolute atomic E-state index is 0.255. The summed E-state index contributed by atoms with van der Waals surface area (Å²) in [5.74, 6) is -0.308. The van der Waals surface area contributed by atoms with E-state index in [1.165, 1.54) is 0 Å². The normalized spacial score (nSPS) is 11.4. The monoisotopic (exact) mass is 582 g/mol. The highest BCUT2D eigenvalue weighted by molar-refractivity contribution is 5.99. The van der Waals surface area contributed by atoms with Gasteiger partial charge in [0.2, 0.25) is 0 Å². The minimum Gasteiger partial charge on any atom is -0.483 e. The number of esters is 1. The molecule has 4 aromatic rings. The fourth-order valence-corrected chi connectivity index (χ4v) is 5.24. The highest BCUT2D eigenvalue weighted by Gasteiger charge is 2.18. The summed E-state index contributed by atoms with van der Waals surface area (Å²) >= 11 is 0. The van der Waals surface area contributed by atoms with Gasteiger partial charge < -0.3 is 14.5 Å². The number of ether oxygens (including phenoxy) is 2. The second-order valence-corrected chi connectivity index (χ2v) is 10.9. The number of carbonyl (C=O) groups excluding carboxylic acids is 2. The van der Waals surface area contributed by atoms with E-state index >= 15 is 0 Å². The Balaban J connectivity index is 1.46. The van der Waals surface area contributed by atoms with Crippen molar-refractivity contribution in [3.8, 4) is 5.75 Å². The average molecular weight is 583 g/mol. The van der Waals surface area contributed by atoms with Crippen LogP contribution in [-0.4, -0.2) is 59.4 Å². The summed E-state index contributed by atoms with van der Waals surface area (Å²) in [6.07, 6.45) is 5.64. The Morgan fingerprint density at radius 1 is 0.930 bits per heavy atom. The molecule has 0 bridgehead atoms. The van der Waals surface area contributed by atoms with Gasteiger partial charge in [0.05, 0.1) is 11.8 Å². The number of fused-ring (bicyclic) bond motifs is 1. The lowest BCUT2D eigenvalue weighted by Crippen LogP contribution is -2.34. The number of hydrogen-bond donors (Lipinski definition) is 1. The van der Waals surface area contributed by atoms with Gasteiger partial charge in [-0.25, -0.2) is 4.79 Å². The molecule has 1 aromatic heterocycles. The van der Waals surface area contributed by atoms with Gasteiger partial charge in [0.1, 0.15) is 5.75 Å². The van der Waals surface area contributed by atoms with Crippen molar-refractivity contribution in [3.05, 3.63) is 100 Å². The van der Waals surface area contributed by atoms with Gasteiger partial charge in [0.15, 0.2) is 13.3 Å². The number of amides is 1. The molecule has 0 unspecified atom stereocenters. The molecule has 0 fully saturated rings. The van der Waals surface area contributed by atoms with E-state index in [1.807, 2.05) is 75.5 Å². The first kappa shape index (κ1) is 31.5. The number of benzene rings is 3. The Labute approximate surface area is 254 Å². The van der Waals surface area contributed by atoms with Crippen LogP contribution < -0.4 is 4.74 Å². The molecule has 1 amide bonds. The third-order valence-corrected chi connectivity index (χ3v) is 7.19. The molecule has 43 heavy (non-hydrogen) atoms. The Bertz CT molecular complexity index is 1530. The molecule has 0 saturated heterocycles. The molecule has 0 radical (unpaired) electrons. The minimum atomic E-state index is -0.530. The van der Waals surface area contributed by atoms with Crippen molar-refractivity contribution in [1.29, 1.82) is 0 Å². The summed E-state index contributed by atoms with van der Waals surface area (Å²) in [6.45, 7) is 12.6. The molecule has 0 aliphatic rings. The highest BCUT2D eigenvalue weighted by Crippen LogP contribution is 2.24.